The van der Waals surface area contributed by atoms with Gasteiger partial charge in [-0.2, -0.15) is 0 Å². The lowest BCUT2D eigenvalue weighted by Crippen LogP contribution is -2.52. The Bertz CT molecular complexity index is 634. The molecule has 27 heavy (non-hydrogen) atoms. The Hall–Kier alpha value is -0.930. The van der Waals surface area contributed by atoms with Gasteiger partial charge in [-0.1, -0.05) is 18.2 Å². The van der Waals surface area contributed by atoms with E-state index >= 15 is 0 Å². The molecule has 5 nitrogen and oxygen atoms in total. The highest BCUT2D eigenvalue weighted by Crippen LogP contribution is 2.41. The lowest BCUT2D eigenvalue weighted by atomic mass is 10.0. The smallest absolute Gasteiger partial charge is 0.191 e. The SMILES string of the molecule is CCNC(=NCC(C)(C)N1CCOCC1)NC1CC1c1ccccc1F.I. The van der Waals surface area contributed by atoms with Crippen LogP contribution in [-0.4, -0.2) is 61.8 Å². The van der Waals surface area contributed by atoms with Gasteiger partial charge in [-0.15, -0.1) is 24.0 Å². The van der Waals surface area contributed by atoms with Gasteiger partial charge in [-0.25, -0.2) is 4.39 Å². The van der Waals surface area contributed by atoms with Crippen LogP contribution >= 0.6 is 24.0 Å². The Kier molecular flexibility index (Phi) is 8.30. The number of hydrogen-bond acceptors (Lipinski definition) is 3. The van der Waals surface area contributed by atoms with Crippen LogP contribution in [-0.2, 0) is 4.74 Å². The van der Waals surface area contributed by atoms with Gasteiger partial charge in [0.05, 0.1) is 19.8 Å². The van der Waals surface area contributed by atoms with Crippen LogP contribution in [0.2, 0.25) is 0 Å². The molecule has 0 radical (unpaired) electrons. The van der Waals surface area contributed by atoms with E-state index in [-0.39, 0.29) is 47.3 Å². The van der Waals surface area contributed by atoms with Crippen LogP contribution in [0.15, 0.2) is 29.3 Å². The zero-order valence-corrected chi connectivity index (χ0v) is 18.8. The van der Waals surface area contributed by atoms with Crippen molar-refractivity contribution in [2.24, 2.45) is 4.99 Å². The quantitative estimate of drug-likeness (QED) is 0.366. The van der Waals surface area contributed by atoms with Crippen LogP contribution in [0.25, 0.3) is 0 Å². The summed E-state index contributed by atoms with van der Waals surface area (Å²) in [4.78, 5) is 7.24. The van der Waals surface area contributed by atoms with Gasteiger partial charge in [0, 0.05) is 37.1 Å². The summed E-state index contributed by atoms with van der Waals surface area (Å²) in [6, 6.07) is 7.30. The zero-order valence-electron chi connectivity index (χ0n) is 16.5. The summed E-state index contributed by atoms with van der Waals surface area (Å²) in [7, 11) is 0. The number of halogens is 2. The number of nitrogens with one attached hydrogen (secondary N) is 2. The highest BCUT2D eigenvalue weighted by atomic mass is 127. The first kappa shape index (κ1) is 22.4. The molecule has 0 bridgehead atoms. The van der Waals surface area contributed by atoms with Crippen molar-refractivity contribution in [3.63, 3.8) is 0 Å². The lowest BCUT2D eigenvalue weighted by molar-refractivity contribution is -0.00683. The van der Waals surface area contributed by atoms with Crippen LogP contribution in [0, 0.1) is 5.82 Å². The normalized spacial score (nSPS) is 23.5. The van der Waals surface area contributed by atoms with Crippen molar-refractivity contribution in [1.82, 2.24) is 15.5 Å². The number of ether oxygens (including phenoxy) is 1. The standard InChI is InChI=1S/C20H31FN4O.HI/c1-4-22-19(23-14-20(2,3)25-9-11-26-12-10-25)24-18-13-16(18)15-7-5-6-8-17(15)21;/h5-8,16,18H,4,9-14H2,1-3H3,(H2,22,23,24);1H. The second kappa shape index (κ2) is 10.0. The van der Waals surface area contributed by atoms with E-state index in [9.17, 15) is 4.39 Å². The maximum absolute atomic E-state index is 14.0. The molecule has 1 heterocycles. The first-order valence-corrected chi connectivity index (χ1v) is 9.63. The number of rotatable bonds is 6. The van der Waals surface area contributed by atoms with Crippen LogP contribution in [0.4, 0.5) is 4.39 Å². The molecular weight excluding hydrogens is 458 g/mol. The van der Waals surface area contributed by atoms with Gasteiger partial charge in [0.25, 0.3) is 0 Å². The summed E-state index contributed by atoms with van der Waals surface area (Å²) in [5, 5.41) is 6.79. The minimum absolute atomic E-state index is 0. The Labute approximate surface area is 179 Å². The van der Waals surface area contributed by atoms with Crippen molar-refractivity contribution in [3.8, 4) is 0 Å². The van der Waals surface area contributed by atoms with Gasteiger partial charge in [0.15, 0.2) is 5.96 Å². The van der Waals surface area contributed by atoms with Crippen molar-refractivity contribution in [3.05, 3.63) is 35.6 Å². The monoisotopic (exact) mass is 490 g/mol. The molecule has 3 rings (SSSR count). The average molecular weight is 490 g/mol. The minimum atomic E-state index is -0.114. The number of morpholine rings is 1. The van der Waals surface area contributed by atoms with Crippen molar-refractivity contribution >= 4 is 29.9 Å². The summed E-state index contributed by atoms with van der Waals surface area (Å²) in [5.74, 6) is 0.933. The number of nitrogens with zero attached hydrogens (tertiary/aromatic N) is 2. The number of benzene rings is 1. The molecule has 1 saturated carbocycles. The van der Waals surface area contributed by atoms with E-state index in [4.69, 9.17) is 9.73 Å². The third kappa shape index (κ3) is 6.02. The number of aliphatic imine (C=N–C) groups is 1. The molecule has 1 aliphatic carbocycles. The van der Waals surface area contributed by atoms with Crippen molar-refractivity contribution in [2.75, 3.05) is 39.4 Å². The molecule has 0 spiro atoms. The molecule has 2 unspecified atom stereocenters. The molecule has 0 amide bonds. The third-order valence-electron chi connectivity index (χ3n) is 5.25. The molecule has 2 fully saturated rings. The van der Waals surface area contributed by atoms with Gasteiger partial charge in [-0.3, -0.25) is 9.89 Å². The molecule has 2 atom stereocenters. The summed E-state index contributed by atoms with van der Waals surface area (Å²) < 4.78 is 19.4. The molecule has 0 aromatic heterocycles. The van der Waals surface area contributed by atoms with E-state index in [1.165, 1.54) is 6.07 Å². The summed E-state index contributed by atoms with van der Waals surface area (Å²) in [5.41, 5.74) is 0.787. The van der Waals surface area contributed by atoms with Crippen molar-refractivity contribution in [2.45, 2.75) is 44.7 Å². The fourth-order valence-electron chi connectivity index (χ4n) is 3.51. The molecule has 1 saturated heterocycles. The topological polar surface area (TPSA) is 48.9 Å². The predicted octanol–water partition coefficient (Wildman–Crippen LogP) is 2.97. The van der Waals surface area contributed by atoms with Gasteiger partial charge >= 0.3 is 0 Å². The fourth-order valence-corrected chi connectivity index (χ4v) is 3.51. The molecule has 7 heteroatoms. The lowest BCUT2D eigenvalue weighted by Gasteiger charge is -2.39. The van der Waals surface area contributed by atoms with E-state index < -0.39 is 0 Å². The van der Waals surface area contributed by atoms with Crippen LogP contribution < -0.4 is 10.6 Å². The summed E-state index contributed by atoms with van der Waals surface area (Å²) in [6.45, 7) is 11.5. The van der Waals surface area contributed by atoms with E-state index in [1.54, 1.807) is 6.07 Å². The van der Waals surface area contributed by atoms with E-state index in [0.29, 0.717) is 6.54 Å². The maximum Gasteiger partial charge on any atom is 0.191 e. The van der Waals surface area contributed by atoms with Gasteiger partial charge in [-0.05, 0) is 38.8 Å². The zero-order chi connectivity index (χ0) is 18.6. The first-order chi connectivity index (χ1) is 12.5. The average Bonchev–Trinajstić information content (AvgIpc) is 3.40. The Morgan fingerprint density at radius 2 is 2.00 bits per heavy atom. The predicted molar refractivity (Wildman–Crippen MR) is 119 cm³/mol. The summed E-state index contributed by atoms with van der Waals surface area (Å²) >= 11 is 0. The van der Waals surface area contributed by atoms with Crippen molar-refractivity contribution < 1.29 is 9.13 Å². The van der Waals surface area contributed by atoms with Crippen molar-refractivity contribution in [1.29, 1.82) is 0 Å². The Morgan fingerprint density at radius 1 is 1.30 bits per heavy atom. The van der Waals surface area contributed by atoms with E-state index in [2.05, 4.69) is 36.3 Å². The van der Waals surface area contributed by atoms with Crippen LogP contribution in [0.1, 0.15) is 38.7 Å². The highest BCUT2D eigenvalue weighted by molar-refractivity contribution is 14.0. The van der Waals surface area contributed by atoms with Gasteiger partial charge < -0.3 is 15.4 Å². The van der Waals surface area contributed by atoms with E-state index in [0.717, 1.165) is 50.8 Å². The first-order valence-electron chi connectivity index (χ1n) is 9.63. The third-order valence-corrected chi connectivity index (χ3v) is 5.25. The molecule has 1 aromatic rings. The number of guanidine groups is 1. The van der Waals surface area contributed by atoms with Crippen LogP contribution in [0.3, 0.4) is 0 Å². The molecule has 1 aliphatic heterocycles. The van der Waals surface area contributed by atoms with Crippen LogP contribution in [0.5, 0.6) is 0 Å². The summed E-state index contributed by atoms with van der Waals surface area (Å²) in [6.07, 6.45) is 0.943. The second-order valence-corrected chi connectivity index (χ2v) is 7.72. The Morgan fingerprint density at radius 3 is 2.67 bits per heavy atom. The maximum atomic E-state index is 14.0. The van der Waals surface area contributed by atoms with E-state index in [1.807, 2.05) is 12.1 Å². The minimum Gasteiger partial charge on any atom is -0.379 e. The Balaban J connectivity index is 0.00000261. The van der Waals surface area contributed by atoms with Gasteiger partial charge in [0.1, 0.15) is 5.82 Å². The molecule has 1 aromatic carbocycles. The van der Waals surface area contributed by atoms with Gasteiger partial charge in [0.2, 0.25) is 0 Å². The fraction of sp³-hybridized carbons (Fsp3) is 0.650. The highest BCUT2D eigenvalue weighted by Gasteiger charge is 2.40. The molecular formula is C20H32FIN4O. The number of hydrogen-bond donors (Lipinski definition) is 2. The molecule has 152 valence electrons. The second-order valence-electron chi connectivity index (χ2n) is 7.72. The molecule has 2 aliphatic rings. The molecule has 2 N–H and O–H groups in total. The largest absolute Gasteiger partial charge is 0.379 e.